The summed E-state index contributed by atoms with van der Waals surface area (Å²) < 4.78 is 1.77. The molecule has 130 valence electrons. The Labute approximate surface area is 147 Å². The molecule has 0 spiro atoms. The van der Waals surface area contributed by atoms with Crippen molar-refractivity contribution in [1.29, 1.82) is 0 Å². The molecule has 1 unspecified atom stereocenters. The zero-order valence-corrected chi connectivity index (χ0v) is 15.1. The van der Waals surface area contributed by atoms with Crippen molar-refractivity contribution >= 4 is 11.8 Å². The highest BCUT2D eigenvalue weighted by atomic mass is 32.2. The van der Waals surface area contributed by atoms with E-state index in [1.165, 1.54) is 31.4 Å². The fourth-order valence-corrected chi connectivity index (χ4v) is 4.30. The van der Waals surface area contributed by atoms with Gasteiger partial charge < -0.3 is 4.90 Å². The van der Waals surface area contributed by atoms with Crippen molar-refractivity contribution in [2.75, 3.05) is 19.3 Å². The van der Waals surface area contributed by atoms with Gasteiger partial charge in [0.2, 0.25) is 0 Å². The van der Waals surface area contributed by atoms with Crippen molar-refractivity contribution in [2.24, 2.45) is 0 Å². The van der Waals surface area contributed by atoms with Crippen molar-refractivity contribution in [3.05, 3.63) is 46.4 Å². The van der Waals surface area contributed by atoms with Gasteiger partial charge in [-0.05, 0) is 44.8 Å². The van der Waals surface area contributed by atoms with Crippen molar-refractivity contribution in [3.63, 3.8) is 0 Å². The van der Waals surface area contributed by atoms with E-state index < -0.39 is 0 Å². The van der Waals surface area contributed by atoms with Crippen LogP contribution < -0.4 is 5.69 Å². The van der Waals surface area contributed by atoms with E-state index in [-0.39, 0.29) is 5.69 Å². The third-order valence-corrected chi connectivity index (χ3v) is 5.80. The Hall–Kier alpha value is -1.53. The van der Waals surface area contributed by atoms with Gasteiger partial charge in [-0.15, -0.1) is 5.10 Å². The highest BCUT2D eigenvalue weighted by molar-refractivity contribution is 7.99. The Balaban J connectivity index is 1.53. The van der Waals surface area contributed by atoms with E-state index in [4.69, 9.17) is 0 Å². The molecule has 6 heteroatoms. The number of hydrogen-bond donors (Lipinski definition) is 1. The molecule has 2 heterocycles. The minimum absolute atomic E-state index is 0.108. The summed E-state index contributed by atoms with van der Waals surface area (Å²) in [6.45, 7) is 1.88. The summed E-state index contributed by atoms with van der Waals surface area (Å²) in [4.78, 5) is 14.5. The van der Waals surface area contributed by atoms with E-state index in [1.54, 1.807) is 16.3 Å². The predicted octanol–water partition coefficient (Wildman–Crippen LogP) is 2.78. The van der Waals surface area contributed by atoms with Gasteiger partial charge in [-0.3, -0.25) is 4.57 Å². The zero-order chi connectivity index (χ0) is 16.8. The number of nitrogens with zero attached hydrogens (tertiary/aromatic N) is 3. The molecule has 1 fully saturated rings. The number of nitrogens with one attached hydrogen (secondary N) is 1. The lowest BCUT2D eigenvalue weighted by Crippen LogP contribution is -2.36. The fourth-order valence-electron chi connectivity index (χ4n) is 3.29. The number of hydrogen-bond acceptors (Lipinski definition) is 4. The van der Waals surface area contributed by atoms with Crippen molar-refractivity contribution in [2.45, 2.75) is 49.8 Å². The second-order valence-electron chi connectivity index (χ2n) is 6.47. The average molecular weight is 347 g/mol. The molecule has 0 aliphatic carbocycles. The predicted molar refractivity (Wildman–Crippen MR) is 98.6 cm³/mol. The molecule has 5 nitrogen and oxygen atoms in total. The van der Waals surface area contributed by atoms with Crippen molar-refractivity contribution < 1.29 is 0 Å². The first-order valence-electron chi connectivity index (χ1n) is 8.76. The fraction of sp³-hybridized carbons (Fsp3) is 0.556. The lowest BCUT2D eigenvalue weighted by atomic mass is 10.0. The number of likely N-dealkylation sites (tertiary alicyclic amines) is 1. The van der Waals surface area contributed by atoms with Crippen LogP contribution in [0.3, 0.4) is 0 Å². The van der Waals surface area contributed by atoms with Gasteiger partial charge >= 0.3 is 5.69 Å². The minimum Gasteiger partial charge on any atom is -0.303 e. The first-order valence-corrected chi connectivity index (χ1v) is 9.75. The molecule has 0 bridgehead atoms. The number of rotatable bonds is 7. The largest absolute Gasteiger partial charge is 0.343 e. The molecule has 1 N–H and O–H groups in total. The Morgan fingerprint density at radius 1 is 1.29 bits per heavy atom. The normalized spacial score (nSPS) is 18.8. The molecule has 1 aromatic carbocycles. The third-order valence-electron chi connectivity index (χ3n) is 4.79. The lowest BCUT2D eigenvalue weighted by Gasteiger charge is -2.32. The van der Waals surface area contributed by atoms with E-state index in [1.807, 2.05) is 18.2 Å². The monoisotopic (exact) mass is 346 g/mol. The molecule has 0 saturated carbocycles. The first-order chi connectivity index (χ1) is 11.7. The first kappa shape index (κ1) is 17.3. The SMILES string of the molecule is CN1CCCCC1CCSc1n[nH]c(=O)n1CCc1ccccc1. The molecule has 1 aromatic heterocycles. The summed E-state index contributed by atoms with van der Waals surface area (Å²) in [5.41, 5.74) is 1.13. The van der Waals surface area contributed by atoms with Gasteiger partial charge in [0.25, 0.3) is 0 Å². The van der Waals surface area contributed by atoms with Gasteiger partial charge in [0.15, 0.2) is 5.16 Å². The number of aryl methyl sites for hydroxylation is 1. The van der Waals surface area contributed by atoms with Crippen LogP contribution in [-0.2, 0) is 13.0 Å². The maximum Gasteiger partial charge on any atom is 0.343 e. The molecule has 1 saturated heterocycles. The second-order valence-corrected chi connectivity index (χ2v) is 7.53. The van der Waals surface area contributed by atoms with Crippen molar-refractivity contribution in [1.82, 2.24) is 19.7 Å². The molecular weight excluding hydrogens is 320 g/mol. The molecule has 1 atom stereocenters. The van der Waals surface area contributed by atoms with Crippen LogP contribution in [0.15, 0.2) is 40.3 Å². The summed E-state index contributed by atoms with van der Waals surface area (Å²) in [6, 6.07) is 10.9. The van der Waals surface area contributed by atoms with Crippen LogP contribution in [0.4, 0.5) is 0 Å². The average Bonchev–Trinajstić information content (AvgIpc) is 2.96. The van der Waals surface area contributed by atoms with Gasteiger partial charge in [0, 0.05) is 18.3 Å². The number of aromatic amines is 1. The van der Waals surface area contributed by atoms with E-state index in [0.717, 1.165) is 23.8 Å². The Kier molecular flexibility index (Phi) is 6.15. The molecule has 0 amide bonds. The molecule has 24 heavy (non-hydrogen) atoms. The summed E-state index contributed by atoms with van der Waals surface area (Å²) >= 11 is 1.69. The Morgan fingerprint density at radius 3 is 2.92 bits per heavy atom. The second kappa shape index (κ2) is 8.53. The van der Waals surface area contributed by atoms with Crippen LogP contribution in [0.5, 0.6) is 0 Å². The van der Waals surface area contributed by atoms with Gasteiger partial charge in [0.05, 0.1) is 0 Å². The number of aromatic nitrogens is 3. The van der Waals surface area contributed by atoms with Crippen LogP contribution in [0.25, 0.3) is 0 Å². The van der Waals surface area contributed by atoms with Crippen molar-refractivity contribution in [3.8, 4) is 0 Å². The highest BCUT2D eigenvalue weighted by Crippen LogP contribution is 2.22. The summed E-state index contributed by atoms with van der Waals surface area (Å²) in [7, 11) is 2.22. The van der Waals surface area contributed by atoms with E-state index in [9.17, 15) is 4.79 Å². The quantitative estimate of drug-likeness (QED) is 0.783. The third kappa shape index (κ3) is 4.51. The number of piperidine rings is 1. The topological polar surface area (TPSA) is 53.9 Å². The maximum absolute atomic E-state index is 12.0. The summed E-state index contributed by atoms with van der Waals surface area (Å²) in [6.07, 6.45) is 5.95. The van der Waals surface area contributed by atoms with Crippen LogP contribution in [0.2, 0.25) is 0 Å². The highest BCUT2D eigenvalue weighted by Gasteiger charge is 2.19. The smallest absolute Gasteiger partial charge is 0.303 e. The van der Waals surface area contributed by atoms with Gasteiger partial charge in [-0.2, -0.15) is 0 Å². The number of thioether (sulfide) groups is 1. The molecule has 1 aliphatic heterocycles. The number of H-pyrrole nitrogens is 1. The summed E-state index contributed by atoms with van der Waals surface area (Å²) in [5.74, 6) is 1.00. The summed E-state index contributed by atoms with van der Waals surface area (Å²) in [5, 5.41) is 7.62. The minimum atomic E-state index is -0.108. The molecule has 2 aromatic rings. The van der Waals surface area contributed by atoms with Crippen LogP contribution in [-0.4, -0.2) is 45.1 Å². The van der Waals surface area contributed by atoms with E-state index in [2.05, 4.69) is 34.3 Å². The molecule has 0 radical (unpaired) electrons. The zero-order valence-electron chi connectivity index (χ0n) is 14.3. The number of benzene rings is 1. The van der Waals surface area contributed by atoms with Crippen LogP contribution in [0.1, 0.15) is 31.2 Å². The van der Waals surface area contributed by atoms with Crippen LogP contribution >= 0.6 is 11.8 Å². The lowest BCUT2D eigenvalue weighted by molar-refractivity contribution is 0.182. The Bertz CT molecular complexity index is 682. The van der Waals surface area contributed by atoms with Gasteiger partial charge in [-0.1, -0.05) is 48.5 Å². The molecule has 1 aliphatic rings. The van der Waals surface area contributed by atoms with Gasteiger partial charge in [-0.25, -0.2) is 9.89 Å². The molecule has 3 rings (SSSR count). The maximum atomic E-state index is 12.0. The molecular formula is C18H26N4OS. The van der Waals surface area contributed by atoms with E-state index in [0.29, 0.717) is 12.6 Å². The van der Waals surface area contributed by atoms with Crippen LogP contribution in [0, 0.1) is 0 Å². The Morgan fingerprint density at radius 2 is 2.12 bits per heavy atom. The van der Waals surface area contributed by atoms with Gasteiger partial charge in [0.1, 0.15) is 0 Å². The standard InChI is InChI=1S/C18H26N4OS/c1-21-12-6-5-9-16(21)11-14-24-18-20-19-17(23)22(18)13-10-15-7-3-2-4-8-15/h2-4,7-8,16H,5-6,9-14H2,1H3,(H,19,23). The van der Waals surface area contributed by atoms with E-state index >= 15 is 0 Å².